The second-order valence-electron chi connectivity index (χ2n) is 7.30. The smallest absolute Gasteiger partial charge is 0.243 e. The van der Waals surface area contributed by atoms with Crippen LogP contribution in [0.15, 0.2) is 29.2 Å². The molecule has 1 amide bonds. The van der Waals surface area contributed by atoms with E-state index in [0.29, 0.717) is 44.1 Å². The van der Waals surface area contributed by atoms with Gasteiger partial charge in [-0.1, -0.05) is 12.1 Å². The van der Waals surface area contributed by atoms with E-state index in [1.807, 2.05) is 0 Å². The van der Waals surface area contributed by atoms with Crippen LogP contribution in [0, 0.1) is 5.92 Å². The van der Waals surface area contributed by atoms with Crippen molar-refractivity contribution in [3.05, 3.63) is 29.8 Å². The minimum atomic E-state index is -3.60. The maximum absolute atomic E-state index is 12.8. The fourth-order valence-corrected chi connectivity index (χ4v) is 5.14. The van der Waals surface area contributed by atoms with Crippen LogP contribution in [0.5, 0.6) is 0 Å². The second kappa shape index (κ2) is 8.50. The number of nitrogens with one attached hydrogen (secondary N) is 2. The first-order valence-corrected chi connectivity index (χ1v) is 10.9. The summed E-state index contributed by atoms with van der Waals surface area (Å²) in [4.78, 5) is 23.9. The van der Waals surface area contributed by atoms with Crippen LogP contribution in [0.25, 0.3) is 0 Å². The van der Waals surface area contributed by atoms with Gasteiger partial charge in [-0.15, -0.1) is 0 Å². The number of sulfonamides is 1. The van der Waals surface area contributed by atoms with E-state index in [-0.39, 0.29) is 22.5 Å². The number of piperidine rings is 1. The van der Waals surface area contributed by atoms with Gasteiger partial charge < -0.3 is 10.6 Å². The Bertz CT molecular complexity index is 778. The van der Waals surface area contributed by atoms with Gasteiger partial charge in [-0.25, -0.2) is 8.42 Å². The van der Waals surface area contributed by atoms with Gasteiger partial charge in [0.15, 0.2) is 5.78 Å². The van der Waals surface area contributed by atoms with Crippen LogP contribution in [-0.2, 0) is 14.8 Å². The zero-order valence-corrected chi connectivity index (χ0v) is 16.4. The van der Waals surface area contributed by atoms with Crippen LogP contribution < -0.4 is 10.6 Å². The van der Waals surface area contributed by atoms with Crippen molar-refractivity contribution in [1.29, 1.82) is 0 Å². The van der Waals surface area contributed by atoms with Crippen LogP contribution in [0.1, 0.15) is 43.0 Å². The number of carbonyl (C=O) groups excluding carboxylic acids is 2. The molecule has 8 heteroatoms. The molecule has 27 heavy (non-hydrogen) atoms. The lowest BCUT2D eigenvalue weighted by Crippen LogP contribution is -2.45. The summed E-state index contributed by atoms with van der Waals surface area (Å²) < 4.78 is 27.0. The van der Waals surface area contributed by atoms with Gasteiger partial charge >= 0.3 is 0 Å². The Morgan fingerprint density at radius 3 is 2.37 bits per heavy atom. The van der Waals surface area contributed by atoms with Crippen LogP contribution in [0.3, 0.4) is 0 Å². The van der Waals surface area contributed by atoms with Gasteiger partial charge in [0.1, 0.15) is 0 Å². The molecule has 0 radical (unpaired) electrons. The van der Waals surface area contributed by atoms with E-state index in [0.717, 1.165) is 19.4 Å². The summed E-state index contributed by atoms with van der Waals surface area (Å²) in [6.07, 6.45) is 3.27. The summed E-state index contributed by atoms with van der Waals surface area (Å²) in [6.45, 7) is 3.75. The predicted molar refractivity (Wildman–Crippen MR) is 102 cm³/mol. The van der Waals surface area contributed by atoms with Crippen LogP contribution in [0.4, 0.5) is 0 Å². The highest BCUT2D eigenvalue weighted by atomic mass is 32.2. The molecule has 0 aliphatic carbocycles. The van der Waals surface area contributed by atoms with Crippen molar-refractivity contribution in [2.75, 3.05) is 26.2 Å². The number of nitrogens with zero attached hydrogens (tertiary/aromatic N) is 1. The molecule has 2 aliphatic rings. The molecule has 0 aromatic heterocycles. The second-order valence-corrected chi connectivity index (χ2v) is 9.24. The zero-order valence-electron chi connectivity index (χ0n) is 15.6. The molecule has 1 atom stereocenters. The van der Waals surface area contributed by atoms with E-state index < -0.39 is 10.0 Å². The van der Waals surface area contributed by atoms with Crippen molar-refractivity contribution in [2.45, 2.75) is 43.5 Å². The van der Waals surface area contributed by atoms with E-state index in [1.54, 1.807) is 0 Å². The van der Waals surface area contributed by atoms with E-state index in [4.69, 9.17) is 0 Å². The Morgan fingerprint density at radius 2 is 1.81 bits per heavy atom. The molecule has 2 N–H and O–H groups in total. The molecule has 3 rings (SSSR count). The number of rotatable bonds is 6. The lowest BCUT2D eigenvalue weighted by atomic mass is 9.97. The number of Topliss-reactive ketones (excluding diaryl/α,β-unsaturated/α-hetero) is 1. The minimum Gasteiger partial charge on any atom is -0.354 e. The third kappa shape index (κ3) is 4.75. The predicted octanol–water partition coefficient (Wildman–Crippen LogP) is 1.16. The SMILES string of the molecule is CC(=O)c1ccc(S(=O)(=O)N2CCC(C(=O)NCC3CCCN3)CC2)cc1. The lowest BCUT2D eigenvalue weighted by Gasteiger charge is -2.30. The molecule has 0 bridgehead atoms. The summed E-state index contributed by atoms with van der Waals surface area (Å²) in [5, 5.41) is 6.34. The first-order chi connectivity index (χ1) is 12.9. The summed E-state index contributed by atoms with van der Waals surface area (Å²) >= 11 is 0. The summed E-state index contributed by atoms with van der Waals surface area (Å²) in [5.74, 6) is -0.219. The number of benzene rings is 1. The normalized spacial score (nSPS) is 21.9. The van der Waals surface area contributed by atoms with E-state index in [9.17, 15) is 18.0 Å². The number of hydrogen-bond acceptors (Lipinski definition) is 5. The topological polar surface area (TPSA) is 95.6 Å². The Kier molecular flexibility index (Phi) is 6.29. The average Bonchev–Trinajstić information content (AvgIpc) is 3.20. The van der Waals surface area contributed by atoms with Crippen molar-refractivity contribution >= 4 is 21.7 Å². The molecule has 2 heterocycles. The maximum atomic E-state index is 12.8. The van der Waals surface area contributed by atoms with E-state index in [1.165, 1.54) is 35.5 Å². The molecule has 0 saturated carbocycles. The number of amides is 1. The lowest BCUT2D eigenvalue weighted by molar-refractivity contribution is -0.126. The molecular formula is C19H27N3O4S. The van der Waals surface area contributed by atoms with E-state index in [2.05, 4.69) is 10.6 Å². The zero-order chi connectivity index (χ0) is 19.4. The third-order valence-corrected chi connectivity index (χ3v) is 7.32. The van der Waals surface area contributed by atoms with Crippen molar-refractivity contribution in [3.8, 4) is 0 Å². The Hall–Kier alpha value is -1.77. The molecule has 1 unspecified atom stereocenters. The van der Waals surface area contributed by atoms with Gasteiger partial charge in [-0.3, -0.25) is 9.59 Å². The molecule has 7 nitrogen and oxygen atoms in total. The minimum absolute atomic E-state index is 0.0200. The third-order valence-electron chi connectivity index (χ3n) is 5.41. The molecule has 0 spiro atoms. The standard InChI is InChI=1S/C19H27N3O4S/c1-14(23)15-4-6-18(7-5-15)27(25,26)22-11-8-16(9-12-22)19(24)21-13-17-3-2-10-20-17/h4-7,16-17,20H,2-3,8-13H2,1H3,(H,21,24). The Morgan fingerprint density at radius 1 is 1.15 bits per heavy atom. The quantitative estimate of drug-likeness (QED) is 0.707. The molecular weight excluding hydrogens is 366 g/mol. The van der Waals surface area contributed by atoms with Gasteiger partial charge in [0.05, 0.1) is 4.90 Å². The summed E-state index contributed by atoms with van der Waals surface area (Å²) in [5.41, 5.74) is 0.487. The molecule has 2 saturated heterocycles. The van der Waals surface area contributed by atoms with Gasteiger partial charge in [-0.2, -0.15) is 4.31 Å². The van der Waals surface area contributed by atoms with Gasteiger partial charge in [0.2, 0.25) is 15.9 Å². The van der Waals surface area contributed by atoms with Crippen molar-refractivity contribution in [2.24, 2.45) is 5.92 Å². The fraction of sp³-hybridized carbons (Fsp3) is 0.579. The van der Waals surface area contributed by atoms with E-state index >= 15 is 0 Å². The highest BCUT2D eigenvalue weighted by molar-refractivity contribution is 7.89. The maximum Gasteiger partial charge on any atom is 0.243 e. The van der Waals surface area contributed by atoms with Crippen molar-refractivity contribution in [1.82, 2.24) is 14.9 Å². The van der Waals surface area contributed by atoms with Crippen LogP contribution in [0.2, 0.25) is 0 Å². The molecule has 2 fully saturated rings. The number of ketones is 1. The molecule has 1 aromatic carbocycles. The van der Waals surface area contributed by atoms with Crippen LogP contribution >= 0.6 is 0 Å². The van der Waals surface area contributed by atoms with Crippen LogP contribution in [-0.4, -0.2) is 56.6 Å². The van der Waals surface area contributed by atoms with Crippen molar-refractivity contribution in [3.63, 3.8) is 0 Å². The summed E-state index contributed by atoms with van der Waals surface area (Å²) in [6, 6.07) is 6.37. The number of carbonyl (C=O) groups is 2. The summed E-state index contributed by atoms with van der Waals surface area (Å²) in [7, 11) is -3.60. The first-order valence-electron chi connectivity index (χ1n) is 9.50. The largest absolute Gasteiger partial charge is 0.354 e. The fourth-order valence-electron chi connectivity index (χ4n) is 3.67. The molecule has 1 aromatic rings. The first kappa shape index (κ1) is 20.0. The highest BCUT2D eigenvalue weighted by Crippen LogP contribution is 2.24. The Labute approximate surface area is 160 Å². The van der Waals surface area contributed by atoms with Gasteiger partial charge in [-0.05, 0) is 51.3 Å². The average molecular weight is 394 g/mol. The highest BCUT2D eigenvalue weighted by Gasteiger charge is 2.32. The van der Waals surface area contributed by atoms with Gasteiger partial charge in [0.25, 0.3) is 0 Å². The molecule has 148 valence electrons. The monoisotopic (exact) mass is 393 g/mol. The van der Waals surface area contributed by atoms with Gasteiger partial charge in [0, 0.05) is 37.2 Å². The Balaban J connectivity index is 1.54. The molecule has 2 aliphatic heterocycles. The van der Waals surface area contributed by atoms with Crippen molar-refractivity contribution < 1.29 is 18.0 Å². The number of hydrogen-bond donors (Lipinski definition) is 2.